The number of aliphatic imine (C=N–C) groups is 1. The molecule has 0 aliphatic carbocycles. The molecule has 2 aromatic rings. The van der Waals surface area contributed by atoms with Crippen molar-refractivity contribution in [1.82, 2.24) is 10.1 Å². The molecule has 1 aromatic heterocycles. The molecule has 0 saturated carbocycles. The number of anilines is 1. The largest absolute Gasteiger partial charge is 0.370 e. The van der Waals surface area contributed by atoms with Crippen LogP contribution in [0.15, 0.2) is 33.8 Å². The van der Waals surface area contributed by atoms with Crippen LogP contribution < -0.4 is 10.6 Å². The van der Waals surface area contributed by atoms with Gasteiger partial charge in [0.25, 0.3) is 0 Å². The van der Waals surface area contributed by atoms with E-state index in [-0.39, 0.29) is 24.0 Å². The first-order chi connectivity index (χ1) is 12.0. The molecule has 2 N–H and O–H groups in total. The molecule has 142 valence electrons. The Morgan fingerprint density at radius 2 is 1.85 bits per heavy atom. The highest BCUT2D eigenvalue weighted by atomic mass is 127. The monoisotopic (exact) mass is 489 g/mol. The lowest BCUT2D eigenvalue weighted by molar-refractivity contribution is 0.381. The Hall–Kier alpha value is -1.48. The van der Waals surface area contributed by atoms with Crippen LogP contribution in [0.1, 0.15) is 17.0 Å². The number of nitrogens with zero attached hydrogens (tertiary/aromatic N) is 4. The van der Waals surface area contributed by atoms with Crippen LogP contribution in [0.5, 0.6) is 0 Å². The standard InChI is InChI=1S/C18H24ClN5O.HI/c1-13-17(14(2)25-22-13)7-8-21-18(20)24-11-9-23(10-12-24)16-5-3-15(19)4-6-16;/h3-6H,7-12H2,1-2H3,(H2,20,21);1H. The van der Waals surface area contributed by atoms with Gasteiger partial charge in [-0.2, -0.15) is 0 Å². The molecule has 0 unspecified atom stereocenters. The number of guanidine groups is 1. The normalized spacial score (nSPS) is 15.1. The van der Waals surface area contributed by atoms with Gasteiger partial charge in [-0.1, -0.05) is 16.8 Å². The van der Waals surface area contributed by atoms with Gasteiger partial charge in [-0.3, -0.25) is 4.99 Å². The van der Waals surface area contributed by atoms with Crippen molar-refractivity contribution in [3.63, 3.8) is 0 Å². The van der Waals surface area contributed by atoms with E-state index >= 15 is 0 Å². The molecule has 0 atom stereocenters. The van der Waals surface area contributed by atoms with Crippen LogP contribution in [0.25, 0.3) is 0 Å². The molecular weight excluding hydrogens is 465 g/mol. The average Bonchev–Trinajstić information content (AvgIpc) is 2.94. The third-order valence-corrected chi connectivity index (χ3v) is 4.86. The van der Waals surface area contributed by atoms with Crippen molar-refractivity contribution in [3.8, 4) is 0 Å². The number of aromatic nitrogens is 1. The summed E-state index contributed by atoms with van der Waals surface area (Å²) in [4.78, 5) is 9.01. The van der Waals surface area contributed by atoms with Gasteiger partial charge in [0.1, 0.15) is 5.76 Å². The van der Waals surface area contributed by atoms with E-state index in [4.69, 9.17) is 21.9 Å². The number of hydrogen-bond acceptors (Lipinski definition) is 4. The predicted molar refractivity (Wildman–Crippen MR) is 117 cm³/mol. The molecule has 6 nitrogen and oxygen atoms in total. The number of rotatable bonds is 4. The first-order valence-corrected chi connectivity index (χ1v) is 8.89. The lowest BCUT2D eigenvalue weighted by atomic mass is 10.1. The summed E-state index contributed by atoms with van der Waals surface area (Å²) >= 11 is 5.95. The number of benzene rings is 1. The number of nitrogens with two attached hydrogens (primary N) is 1. The van der Waals surface area contributed by atoms with Crippen molar-refractivity contribution in [3.05, 3.63) is 46.3 Å². The quantitative estimate of drug-likeness (QED) is 0.406. The van der Waals surface area contributed by atoms with Crippen LogP contribution in [0.4, 0.5) is 5.69 Å². The average molecular weight is 490 g/mol. The van der Waals surface area contributed by atoms with E-state index < -0.39 is 0 Å². The highest BCUT2D eigenvalue weighted by Crippen LogP contribution is 2.19. The number of hydrogen-bond donors (Lipinski definition) is 1. The minimum Gasteiger partial charge on any atom is -0.370 e. The zero-order chi connectivity index (χ0) is 17.8. The third-order valence-electron chi connectivity index (χ3n) is 4.61. The lowest BCUT2D eigenvalue weighted by Crippen LogP contribution is -2.51. The van der Waals surface area contributed by atoms with Crippen LogP contribution in [0, 0.1) is 13.8 Å². The molecule has 8 heteroatoms. The Kier molecular flexibility index (Phi) is 7.57. The van der Waals surface area contributed by atoms with Crippen molar-refractivity contribution < 1.29 is 4.52 Å². The summed E-state index contributed by atoms with van der Waals surface area (Å²) in [5.41, 5.74) is 9.42. The maximum absolute atomic E-state index is 6.17. The van der Waals surface area contributed by atoms with Crippen LogP contribution in [0.2, 0.25) is 5.02 Å². The number of halogens is 2. The number of piperazine rings is 1. The molecule has 0 radical (unpaired) electrons. The molecule has 1 fully saturated rings. The second-order valence-electron chi connectivity index (χ2n) is 6.24. The fraction of sp³-hybridized carbons (Fsp3) is 0.444. The summed E-state index contributed by atoms with van der Waals surface area (Å²) in [6.45, 7) is 8.09. The maximum atomic E-state index is 6.17. The van der Waals surface area contributed by atoms with Crippen molar-refractivity contribution in [2.75, 3.05) is 37.6 Å². The van der Waals surface area contributed by atoms with E-state index in [0.717, 1.165) is 54.6 Å². The molecule has 3 rings (SSSR count). The van der Waals surface area contributed by atoms with Crippen LogP contribution >= 0.6 is 35.6 Å². The fourth-order valence-corrected chi connectivity index (χ4v) is 3.21. The van der Waals surface area contributed by atoms with Crippen molar-refractivity contribution in [1.29, 1.82) is 0 Å². The zero-order valence-electron chi connectivity index (χ0n) is 15.1. The molecule has 1 aromatic carbocycles. The zero-order valence-corrected chi connectivity index (χ0v) is 18.2. The van der Waals surface area contributed by atoms with E-state index in [9.17, 15) is 0 Å². The van der Waals surface area contributed by atoms with E-state index in [1.165, 1.54) is 5.69 Å². The van der Waals surface area contributed by atoms with Crippen molar-refractivity contribution >= 4 is 47.2 Å². The minimum absolute atomic E-state index is 0. The lowest BCUT2D eigenvalue weighted by Gasteiger charge is -2.36. The topological polar surface area (TPSA) is 70.9 Å². The summed E-state index contributed by atoms with van der Waals surface area (Å²) in [7, 11) is 0. The molecule has 2 heterocycles. The molecule has 26 heavy (non-hydrogen) atoms. The highest BCUT2D eigenvalue weighted by Gasteiger charge is 2.18. The summed E-state index contributed by atoms with van der Waals surface area (Å²) in [6.07, 6.45) is 0.798. The van der Waals surface area contributed by atoms with Crippen molar-refractivity contribution in [2.24, 2.45) is 10.7 Å². The third kappa shape index (κ3) is 5.03. The molecule has 0 spiro atoms. The first kappa shape index (κ1) is 20.8. The van der Waals surface area contributed by atoms with Gasteiger partial charge < -0.3 is 20.1 Å². The Balaban J connectivity index is 0.00000243. The van der Waals surface area contributed by atoms with Crippen LogP contribution in [0.3, 0.4) is 0 Å². The summed E-state index contributed by atoms with van der Waals surface area (Å²) in [5, 5.41) is 4.73. The molecule has 1 aliphatic rings. The van der Waals surface area contributed by atoms with Gasteiger partial charge in [0.15, 0.2) is 5.96 Å². The molecule has 0 amide bonds. The fourth-order valence-electron chi connectivity index (χ4n) is 3.09. The van der Waals surface area contributed by atoms with Gasteiger partial charge in [0, 0.05) is 49.0 Å². The minimum atomic E-state index is 0. The maximum Gasteiger partial charge on any atom is 0.191 e. The Morgan fingerprint density at radius 1 is 1.19 bits per heavy atom. The van der Waals surface area contributed by atoms with E-state index in [1.54, 1.807) is 0 Å². The van der Waals surface area contributed by atoms with Crippen molar-refractivity contribution in [2.45, 2.75) is 20.3 Å². The smallest absolute Gasteiger partial charge is 0.191 e. The van der Waals surface area contributed by atoms with Gasteiger partial charge in [0.2, 0.25) is 0 Å². The van der Waals surface area contributed by atoms with E-state index in [0.29, 0.717) is 12.5 Å². The van der Waals surface area contributed by atoms with Gasteiger partial charge in [-0.05, 0) is 44.5 Å². The second-order valence-corrected chi connectivity index (χ2v) is 6.68. The Bertz CT molecular complexity index is 719. The molecule has 0 bridgehead atoms. The second kappa shape index (κ2) is 9.45. The summed E-state index contributed by atoms with van der Waals surface area (Å²) < 4.78 is 5.18. The summed E-state index contributed by atoms with van der Waals surface area (Å²) in [5.74, 6) is 1.48. The van der Waals surface area contributed by atoms with Crippen LogP contribution in [-0.2, 0) is 6.42 Å². The molecular formula is C18H25ClIN5O. The first-order valence-electron chi connectivity index (χ1n) is 8.51. The van der Waals surface area contributed by atoms with Gasteiger partial charge in [0.05, 0.1) is 5.69 Å². The summed E-state index contributed by atoms with van der Waals surface area (Å²) in [6, 6.07) is 7.96. The highest BCUT2D eigenvalue weighted by molar-refractivity contribution is 14.0. The predicted octanol–water partition coefficient (Wildman–Crippen LogP) is 3.24. The van der Waals surface area contributed by atoms with E-state index in [2.05, 4.69) is 32.1 Å². The van der Waals surface area contributed by atoms with Gasteiger partial charge in [-0.15, -0.1) is 24.0 Å². The Morgan fingerprint density at radius 3 is 2.42 bits per heavy atom. The van der Waals surface area contributed by atoms with Crippen LogP contribution in [-0.4, -0.2) is 48.7 Å². The number of aryl methyl sites for hydroxylation is 2. The Labute approximate surface area is 176 Å². The van der Waals surface area contributed by atoms with Gasteiger partial charge in [-0.25, -0.2) is 0 Å². The molecule has 1 saturated heterocycles. The SMILES string of the molecule is Cc1noc(C)c1CCN=C(N)N1CCN(c2ccc(Cl)cc2)CC1.I. The van der Waals surface area contributed by atoms with E-state index in [1.807, 2.05) is 26.0 Å². The molecule has 1 aliphatic heterocycles. The van der Waals surface area contributed by atoms with Gasteiger partial charge >= 0.3 is 0 Å².